The Labute approximate surface area is 137 Å². The molecule has 1 aliphatic heterocycles. The molecule has 23 heavy (non-hydrogen) atoms. The first-order valence-corrected chi connectivity index (χ1v) is 9.41. The van der Waals surface area contributed by atoms with Gasteiger partial charge in [-0.1, -0.05) is 0 Å². The Balaban J connectivity index is 1.88. The van der Waals surface area contributed by atoms with Crippen LogP contribution in [0.5, 0.6) is 0 Å². The SMILES string of the molecule is Cc1cc(C(=O)NCCN2CCOCC2)ccc1NS(C)(=O)=O. The third kappa shape index (κ3) is 5.81. The van der Waals surface area contributed by atoms with E-state index in [1.165, 1.54) is 0 Å². The summed E-state index contributed by atoms with van der Waals surface area (Å²) in [6.45, 7) is 6.38. The molecule has 1 aliphatic rings. The third-order valence-electron chi connectivity index (χ3n) is 3.60. The lowest BCUT2D eigenvalue weighted by Gasteiger charge is -2.26. The first-order chi connectivity index (χ1) is 10.8. The number of hydrogen-bond donors (Lipinski definition) is 2. The average molecular weight is 341 g/mol. The summed E-state index contributed by atoms with van der Waals surface area (Å²) < 4.78 is 30.2. The summed E-state index contributed by atoms with van der Waals surface area (Å²) in [7, 11) is -3.33. The van der Waals surface area contributed by atoms with E-state index in [0.717, 1.165) is 39.1 Å². The maximum Gasteiger partial charge on any atom is 0.251 e. The van der Waals surface area contributed by atoms with Crippen LogP contribution in [0.4, 0.5) is 5.69 Å². The second-order valence-corrected chi connectivity index (χ2v) is 7.36. The zero-order valence-electron chi connectivity index (χ0n) is 13.5. The van der Waals surface area contributed by atoms with Crippen LogP contribution in [0.2, 0.25) is 0 Å². The summed E-state index contributed by atoms with van der Waals surface area (Å²) in [5, 5.41) is 2.88. The van der Waals surface area contributed by atoms with E-state index in [4.69, 9.17) is 4.74 Å². The zero-order chi connectivity index (χ0) is 16.9. The number of carbonyl (C=O) groups is 1. The number of rotatable bonds is 6. The summed E-state index contributed by atoms with van der Waals surface area (Å²) in [5.41, 5.74) is 1.71. The number of sulfonamides is 1. The maximum atomic E-state index is 12.1. The summed E-state index contributed by atoms with van der Waals surface area (Å²) in [6, 6.07) is 4.90. The number of benzene rings is 1. The van der Waals surface area contributed by atoms with Crippen molar-refractivity contribution in [2.75, 3.05) is 50.4 Å². The lowest BCUT2D eigenvalue weighted by Crippen LogP contribution is -2.41. The molecule has 1 heterocycles. The predicted molar refractivity (Wildman–Crippen MR) is 89.2 cm³/mol. The van der Waals surface area contributed by atoms with Crippen molar-refractivity contribution in [3.63, 3.8) is 0 Å². The number of nitrogens with zero attached hydrogens (tertiary/aromatic N) is 1. The van der Waals surface area contributed by atoms with Crippen molar-refractivity contribution < 1.29 is 17.9 Å². The monoisotopic (exact) mass is 341 g/mol. The van der Waals surface area contributed by atoms with Gasteiger partial charge in [0.15, 0.2) is 0 Å². The number of aryl methyl sites for hydroxylation is 1. The van der Waals surface area contributed by atoms with Gasteiger partial charge in [-0.15, -0.1) is 0 Å². The fourth-order valence-electron chi connectivity index (χ4n) is 2.37. The number of ether oxygens (including phenoxy) is 1. The summed E-state index contributed by atoms with van der Waals surface area (Å²) >= 11 is 0. The quantitative estimate of drug-likeness (QED) is 0.783. The molecule has 0 aromatic heterocycles. The molecule has 128 valence electrons. The van der Waals surface area contributed by atoms with Gasteiger partial charge in [-0.3, -0.25) is 14.4 Å². The number of carbonyl (C=O) groups excluding carboxylic acids is 1. The molecule has 1 aromatic rings. The van der Waals surface area contributed by atoms with Gasteiger partial charge in [-0.05, 0) is 30.7 Å². The Bertz CT molecular complexity index is 655. The lowest BCUT2D eigenvalue weighted by molar-refractivity contribution is 0.0383. The Morgan fingerprint density at radius 2 is 2.00 bits per heavy atom. The summed E-state index contributed by atoms with van der Waals surface area (Å²) in [6.07, 6.45) is 1.10. The van der Waals surface area contributed by atoms with Gasteiger partial charge in [-0.25, -0.2) is 8.42 Å². The van der Waals surface area contributed by atoms with E-state index in [9.17, 15) is 13.2 Å². The number of nitrogens with one attached hydrogen (secondary N) is 2. The smallest absolute Gasteiger partial charge is 0.251 e. The van der Waals surface area contributed by atoms with E-state index < -0.39 is 10.0 Å². The van der Waals surface area contributed by atoms with Crippen LogP contribution >= 0.6 is 0 Å². The van der Waals surface area contributed by atoms with Crippen molar-refractivity contribution in [1.82, 2.24) is 10.2 Å². The first kappa shape index (κ1) is 17.7. The van der Waals surface area contributed by atoms with Gasteiger partial charge in [-0.2, -0.15) is 0 Å². The maximum absolute atomic E-state index is 12.1. The lowest BCUT2D eigenvalue weighted by atomic mass is 10.1. The van der Waals surface area contributed by atoms with Gasteiger partial charge in [0.1, 0.15) is 0 Å². The van der Waals surface area contributed by atoms with Crippen molar-refractivity contribution in [2.45, 2.75) is 6.92 Å². The molecule has 8 heteroatoms. The Morgan fingerprint density at radius 3 is 2.61 bits per heavy atom. The highest BCUT2D eigenvalue weighted by Crippen LogP contribution is 2.17. The molecule has 0 unspecified atom stereocenters. The zero-order valence-corrected chi connectivity index (χ0v) is 14.3. The predicted octanol–water partition coefficient (Wildman–Crippen LogP) is 0.429. The van der Waals surface area contributed by atoms with E-state index in [-0.39, 0.29) is 5.91 Å². The second-order valence-electron chi connectivity index (χ2n) is 5.61. The molecule has 2 N–H and O–H groups in total. The van der Waals surface area contributed by atoms with Crippen molar-refractivity contribution in [3.8, 4) is 0 Å². The highest BCUT2D eigenvalue weighted by atomic mass is 32.2. The average Bonchev–Trinajstić information content (AvgIpc) is 2.49. The minimum absolute atomic E-state index is 0.160. The Morgan fingerprint density at radius 1 is 1.30 bits per heavy atom. The van der Waals surface area contributed by atoms with Gasteiger partial charge in [0.05, 0.1) is 25.2 Å². The van der Waals surface area contributed by atoms with Gasteiger partial charge in [0.2, 0.25) is 10.0 Å². The number of amides is 1. The Hall–Kier alpha value is -1.64. The molecule has 0 aliphatic carbocycles. The van der Waals surface area contributed by atoms with Crippen molar-refractivity contribution >= 4 is 21.6 Å². The van der Waals surface area contributed by atoms with Crippen LogP contribution in [0.1, 0.15) is 15.9 Å². The van der Waals surface area contributed by atoms with Crippen LogP contribution < -0.4 is 10.0 Å². The number of hydrogen-bond acceptors (Lipinski definition) is 5. The standard InChI is InChI=1S/C15H23N3O4S/c1-12-11-13(3-4-14(12)17-23(2,20)21)15(19)16-5-6-18-7-9-22-10-8-18/h3-4,11,17H,5-10H2,1-2H3,(H,16,19). The van der Waals surface area contributed by atoms with E-state index in [1.807, 2.05) is 0 Å². The van der Waals surface area contributed by atoms with Gasteiger partial charge >= 0.3 is 0 Å². The molecule has 0 atom stereocenters. The molecular weight excluding hydrogens is 318 g/mol. The van der Waals surface area contributed by atoms with Crippen LogP contribution in [-0.2, 0) is 14.8 Å². The van der Waals surface area contributed by atoms with Crippen molar-refractivity contribution in [1.29, 1.82) is 0 Å². The molecule has 7 nitrogen and oxygen atoms in total. The van der Waals surface area contributed by atoms with Crippen LogP contribution in [0, 0.1) is 6.92 Å². The number of anilines is 1. The van der Waals surface area contributed by atoms with Crippen LogP contribution in [-0.4, -0.2) is 64.9 Å². The van der Waals surface area contributed by atoms with Gasteiger partial charge in [0.25, 0.3) is 5.91 Å². The van der Waals surface area contributed by atoms with Gasteiger partial charge in [0, 0.05) is 31.7 Å². The van der Waals surface area contributed by atoms with Crippen molar-refractivity contribution in [3.05, 3.63) is 29.3 Å². The largest absolute Gasteiger partial charge is 0.379 e. The molecule has 0 spiro atoms. The molecule has 2 rings (SSSR count). The van der Waals surface area contributed by atoms with Gasteiger partial charge < -0.3 is 10.1 Å². The first-order valence-electron chi connectivity index (χ1n) is 7.52. The molecule has 0 radical (unpaired) electrons. The van der Waals surface area contributed by atoms with Crippen LogP contribution in [0.25, 0.3) is 0 Å². The minimum atomic E-state index is -3.33. The topological polar surface area (TPSA) is 87.7 Å². The fraction of sp³-hybridized carbons (Fsp3) is 0.533. The highest BCUT2D eigenvalue weighted by molar-refractivity contribution is 7.92. The highest BCUT2D eigenvalue weighted by Gasteiger charge is 2.12. The molecule has 1 fully saturated rings. The molecule has 1 saturated heterocycles. The van der Waals surface area contributed by atoms with Crippen LogP contribution in [0.3, 0.4) is 0 Å². The number of morpholine rings is 1. The summed E-state index contributed by atoms with van der Waals surface area (Å²) in [5.74, 6) is -0.160. The van der Waals surface area contributed by atoms with E-state index in [0.29, 0.717) is 23.4 Å². The van der Waals surface area contributed by atoms with Crippen molar-refractivity contribution in [2.24, 2.45) is 0 Å². The van der Waals surface area contributed by atoms with E-state index >= 15 is 0 Å². The normalized spacial score (nSPS) is 16.1. The summed E-state index contributed by atoms with van der Waals surface area (Å²) in [4.78, 5) is 14.4. The van der Waals surface area contributed by atoms with Crippen LogP contribution in [0.15, 0.2) is 18.2 Å². The molecule has 1 aromatic carbocycles. The Kier molecular flexibility index (Phi) is 5.97. The second kappa shape index (κ2) is 7.76. The molecule has 0 saturated carbocycles. The third-order valence-corrected chi connectivity index (χ3v) is 4.19. The minimum Gasteiger partial charge on any atom is -0.379 e. The fourth-order valence-corrected chi connectivity index (χ4v) is 3.00. The van der Waals surface area contributed by atoms with E-state index in [1.54, 1.807) is 25.1 Å². The molecule has 1 amide bonds. The molecular formula is C15H23N3O4S. The molecule has 0 bridgehead atoms. The van der Waals surface area contributed by atoms with E-state index in [2.05, 4.69) is 14.9 Å².